The van der Waals surface area contributed by atoms with E-state index in [1.54, 1.807) is 0 Å². The van der Waals surface area contributed by atoms with Gasteiger partial charge in [-0.1, -0.05) is 0 Å². The predicted molar refractivity (Wildman–Crippen MR) is 28.2 cm³/mol. The smallest absolute Gasteiger partial charge is 0.215 e. The van der Waals surface area contributed by atoms with E-state index < -0.39 is 0 Å². The second-order valence-electron chi connectivity index (χ2n) is 0.860. The summed E-state index contributed by atoms with van der Waals surface area (Å²) in [6.07, 6.45) is 0. The van der Waals surface area contributed by atoms with Gasteiger partial charge < -0.3 is 0 Å². The number of carbonyl (C=O) groups is 1. The minimum absolute atomic E-state index is 0.222. The fourth-order valence-corrected chi connectivity index (χ4v) is 1.57. The van der Waals surface area contributed by atoms with Gasteiger partial charge in [0.2, 0.25) is 5.12 Å². The third-order valence-electron chi connectivity index (χ3n) is 0.410. The largest absolute Gasteiger partial charge is 0.285 e. The molecule has 0 amide bonds. The molecule has 0 radical (unpaired) electrons. The fourth-order valence-electron chi connectivity index (χ4n) is 0.194. The van der Waals surface area contributed by atoms with Crippen LogP contribution in [0.3, 0.4) is 0 Å². The molecule has 4 heteroatoms. The van der Waals surface area contributed by atoms with Gasteiger partial charge in [0, 0.05) is 0 Å². The van der Waals surface area contributed by atoms with Crippen molar-refractivity contribution in [2.45, 2.75) is 0 Å². The monoisotopic (exact) mass is 121 g/mol. The number of hydrogen-bond donors (Lipinski definition) is 1. The van der Waals surface area contributed by atoms with Gasteiger partial charge in [-0.05, 0) is 21.8 Å². The molecule has 0 aromatic heterocycles. The van der Waals surface area contributed by atoms with Gasteiger partial charge in [-0.15, -0.1) is 0 Å². The van der Waals surface area contributed by atoms with Gasteiger partial charge in [-0.3, -0.25) is 4.79 Å². The summed E-state index contributed by atoms with van der Waals surface area (Å²) in [6, 6.07) is 0. The van der Waals surface area contributed by atoms with E-state index in [0.29, 0.717) is 6.54 Å². The lowest BCUT2D eigenvalue weighted by atomic mass is 10.8. The standard InChI is InChI=1S/C2H3NOS2/c4-2-1-3-6-5-2/h3H,1H2. The summed E-state index contributed by atoms with van der Waals surface area (Å²) >= 11 is 0. The van der Waals surface area contributed by atoms with Crippen LogP contribution in [0.4, 0.5) is 0 Å². The van der Waals surface area contributed by atoms with Gasteiger partial charge in [0.1, 0.15) is 0 Å². The number of carbonyl (C=O) groups excluding carboxylic acids is 1. The Kier molecular flexibility index (Phi) is 1.39. The normalized spacial score (nSPS) is 22.3. The lowest BCUT2D eigenvalue weighted by Crippen LogP contribution is -2.01. The van der Waals surface area contributed by atoms with Crippen LogP contribution in [-0.2, 0) is 4.79 Å². The molecule has 1 rings (SSSR count). The van der Waals surface area contributed by atoms with Gasteiger partial charge in [-0.2, -0.15) is 0 Å². The summed E-state index contributed by atoms with van der Waals surface area (Å²) in [4.78, 5) is 10.1. The van der Waals surface area contributed by atoms with Crippen LogP contribution < -0.4 is 4.72 Å². The number of nitrogens with one attached hydrogen (secondary N) is 1. The molecule has 0 aromatic rings. The van der Waals surface area contributed by atoms with Crippen molar-refractivity contribution >= 4 is 26.9 Å². The highest BCUT2D eigenvalue weighted by Crippen LogP contribution is 2.22. The SMILES string of the molecule is O=C1CNSS1. The lowest BCUT2D eigenvalue weighted by Gasteiger charge is -1.71. The topological polar surface area (TPSA) is 29.1 Å². The van der Waals surface area contributed by atoms with Crippen LogP contribution in [0, 0.1) is 0 Å². The molecule has 0 unspecified atom stereocenters. The van der Waals surface area contributed by atoms with E-state index in [-0.39, 0.29) is 5.12 Å². The van der Waals surface area contributed by atoms with Crippen LogP contribution in [0.1, 0.15) is 0 Å². The van der Waals surface area contributed by atoms with E-state index in [9.17, 15) is 4.79 Å². The van der Waals surface area contributed by atoms with Crippen LogP contribution in [0.2, 0.25) is 0 Å². The number of hydrogen-bond acceptors (Lipinski definition) is 4. The molecule has 34 valence electrons. The van der Waals surface area contributed by atoms with E-state index in [4.69, 9.17) is 0 Å². The molecule has 0 spiro atoms. The minimum Gasteiger partial charge on any atom is -0.285 e. The maximum absolute atomic E-state index is 10.1. The Morgan fingerprint density at radius 2 is 2.67 bits per heavy atom. The molecule has 6 heavy (non-hydrogen) atoms. The zero-order valence-corrected chi connectivity index (χ0v) is 4.56. The first-order chi connectivity index (χ1) is 2.89. The molecular weight excluding hydrogens is 118 g/mol. The van der Waals surface area contributed by atoms with Crippen LogP contribution in [-0.4, -0.2) is 11.7 Å². The molecule has 1 aliphatic rings. The maximum atomic E-state index is 10.1. The Labute approximate surface area is 43.6 Å². The average molecular weight is 121 g/mol. The Morgan fingerprint density at radius 1 is 1.83 bits per heavy atom. The molecule has 1 N–H and O–H groups in total. The van der Waals surface area contributed by atoms with Crippen LogP contribution in [0.5, 0.6) is 0 Å². The van der Waals surface area contributed by atoms with Crippen molar-refractivity contribution < 1.29 is 4.79 Å². The zero-order chi connectivity index (χ0) is 4.41. The molecule has 1 fully saturated rings. The van der Waals surface area contributed by atoms with E-state index in [2.05, 4.69) is 4.72 Å². The molecule has 2 nitrogen and oxygen atoms in total. The van der Waals surface area contributed by atoms with Crippen LogP contribution >= 0.6 is 21.8 Å². The van der Waals surface area contributed by atoms with Crippen molar-refractivity contribution in [1.29, 1.82) is 0 Å². The van der Waals surface area contributed by atoms with Crippen LogP contribution in [0.15, 0.2) is 0 Å². The first-order valence-corrected chi connectivity index (χ1v) is 3.64. The van der Waals surface area contributed by atoms with Crippen molar-refractivity contribution in [3.05, 3.63) is 0 Å². The fraction of sp³-hybridized carbons (Fsp3) is 0.500. The molecule has 0 atom stereocenters. The molecule has 0 saturated carbocycles. The first kappa shape index (κ1) is 4.49. The summed E-state index contributed by atoms with van der Waals surface area (Å²) in [6.45, 7) is 0.523. The Morgan fingerprint density at radius 3 is 2.83 bits per heavy atom. The summed E-state index contributed by atoms with van der Waals surface area (Å²) in [5.74, 6) is 0. The first-order valence-electron chi connectivity index (χ1n) is 1.49. The van der Waals surface area contributed by atoms with Crippen molar-refractivity contribution in [2.75, 3.05) is 6.54 Å². The van der Waals surface area contributed by atoms with Crippen molar-refractivity contribution in [3.63, 3.8) is 0 Å². The summed E-state index contributed by atoms with van der Waals surface area (Å²) in [5, 5.41) is 0.222. The highest BCUT2D eigenvalue weighted by atomic mass is 33.1. The zero-order valence-electron chi connectivity index (χ0n) is 2.93. The molecule has 0 bridgehead atoms. The number of rotatable bonds is 0. The van der Waals surface area contributed by atoms with E-state index >= 15 is 0 Å². The van der Waals surface area contributed by atoms with Crippen molar-refractivity contribution in [3.8, 4) is 0 Å². The summed E-state index contributed by atoms with van der Waals surface area (Å²) < 4.78 is 2.80. The predicted octanol–water partition coefficient (Wildman–Crippen LogP) is 0.413. The average Bonchev–Trinajstić information content (AvgIpc) is 1.86. The Bertz CT molecular complexity index is 65.9. The minimum atomic E-state index is 0.222. The quantitative estimate of drug-likeness (QED) is 0.371. The molecule has 0 aromatic carbocycles. The molecule has 1 heterocycles. The molecule has 0 aliphatic carbocycles. The third kappa shape index (κ3) is 0.894. The third-order valence-corrected chi connectivity index (χ3v) is 2.25. The van der Waals surface area contributed by atoms with Gasteiger partial charge in [0.15, 0.2) is 0 Å². The second kappa shape index (κ2) is 1.86. The summed E-state index contributed by atoms with van der Waals surface area (Å²) in [7, 11) is 2.66. The highest BCUT2D eigenvalue weighted by Gasteiger charge is 2.08. The van der Waals surface area contributed by atoms with Gasteiger partial charge in [0.25, 0.3) is 0 Å². The maximum Gasteiger partial charge on any atom is 0.215 e. The van der Waals surface area contributed by atoms with Gasteiger partial charge in [0.05, 0.1) is 6.54 Å². The van der Waals surface area contributed by atoms with Gasteiger partial charge >= 0.3 is 0 Å². The second-order valence-corrected chi connectivity index (χ2v) is 2.94. The van der Waals surface area contributed by atoms with Crippen molar-refractivity contribution in [2.24, 2.45) is 0 Å². The lowest BCUT2D eigenvalue weighted by molar-refractivity contribution is -0.109. The highest BCUT2D eigenvalue weighted by molar-refractivity contribution is 8.82. The molecule has 1 aliphatic heterocycles. The van der Waals surface area contributed by atoms with Gasteiger partial charge in [-0.25, -0.2) is 4.72 Å². The van der Waals surface area contributed by atoms with E-state index in [1.165, 1.54) is 21.8 Å². The van der Waals surface area contributed by atoms with E-state index in [1.807, 2.05) is 0 Å². The Balaban J connectivity index is 2.37. The van der Waals surface area contributed by atoms with Crippen molar-refractivity contribution in [1.82, 2.24) is 4.72 Å². The Hall–Kier alpha value is 0.330. The van der Waals surface area contributed by atoms with E-state index in [0.717, 1.165) is 0 Å². The van der Waals surface area contributed by atoms with Crippen LogP contribution in [0.25, 0.3) is 0 Å². The summed E-state index contributed by atoms with van der Waals surface area (Å²) in [5.41, 5.74) is 0. The molecular formula is C2H3NOS2. The molecule has 1 saturated heterocycles.